The molecule has 2 unspecified atom stereocenters. The molecule has 0 radical (unpaired) electrons. The number of carbonyl (C=O) groups excluding carboxylic acids is 1. The van der Waals surface area contributed by atoms with Gasteiger partial charge in [0.05, 0.1) is 12.7 Å². The van der Waals surface area contributed by atoms with Gasteiger partial charge in [-0.05, 0) is 43.9 Å². The standard InChI is InChI=1S/C19H27NO6/c1-4-24-17-9-13(5-6-15(17)26-11-18(21)22)19(23)20-14-7-8-25-16(10-14)12(2)3/h5-6,9,12,14,16H,4,7-8,10-11H2,1-3H3,(H,20,23)(H,21,22). The highest BCUT2D eigenvalue weighted by atomic mass is 16.5. The average molecular weight is 365 g/mol. The van der Waals surface area contributed by atoms with Gasteiger partial charge in [0.15, 0.2) is 18.1 Å². The Hall–Kier alpha value is -2.28. The Kier molecular flexibility index (Phi) is 7.26. The van der Waals surface area contributed by atoms with Gasteiger partial charge in [-0.25, -0.2) is 4.79 Å². The second-order valence-electron chi connectivity index (χ2n) is 6.62. The first kappa shape index (κ1) is 20.0. The lowest BCUT2D eigenvalue weighted by molar-refractivity contribution is -0.139. The smallest absolute Gasteiger partial charge is 0.341 e. The van der Waals surface area contributed by atoms with E-state index in [1.165, 1.54) is 0 Å². The van der Waals surface area contributed by atoms with E-state index in [-0.39, 0.29) is 18.1 Å². The minimum atomic E-state index is -1.08. The van der Waals surface area contributed by atoms with Gasteiger partial charge < -0.3 is 24.6 Å². The van der Waals surface area contributed by atoms with E-state index in [0.717, 1.165) is 12.8 Å². The zero-order valence-electron chi connectivity index (χ0n) is 15.5. The summed E-state index contributed by atoms with van der Waals surface area (Å²) < 4.78 is 16.4. The predicted octanol–water partition coefficient (Wildman–Crippen LogP) is 2.48. The summed E-state index contributed by atoms with van der Waals surface area (Å²) in [5, 5.41) is 11.8. The molecule has 1 aromatic carbocycles. The van der Waals surface area contributed by atoms with E-state index >= 15 is 0 Å². The Morgan fingerprint density at radius 1 is 1.31 bits per heavy atom. The minimum absolute atomic E-state index is 0.0714. The molecule has 2 rings (SSSR count). The fraction of sp³-hybridized carbons (Fsp3) is 0.579. The summed E-state index contributed by atoms with van der Waals surface area (Å²) in [4.78, 5) is 23.3. The molecule has 1 amide bonds. The highest BCUT2D eigenvalue weighted by Crippen LogP contribution is 2.29. The average Bonchev–Trinajstić information content (AvgIpc) is 2.61. The number of carbonyl (C=O) groups is 2. The molecule has 1 saturated heterocycles. The lowest BCUT2D eigenvalue weighted by Gasteiger charge is -2.32. The summed E-state index contributed by atoms with van der Waals surface area (Å²) in [6.07, 6.45) is 1.73. The molecule has 0 saturated carbocycles. The molecule has 144 valence electrons. The van der Waals surface area contributed by atoms with Crippen LogP contribution in [0, 0.1) is 5.92 Å². The second kappa shape index (κ2) is 9.43. The Morgan fingerprint density at radius 2 is 2.08 bits per heavy atom. The number of ether oxygens (including phenoxy) is 3. The van der Waals surface area contributed by atoms with Crippen molar-refractivity contribution in [2.24, 2.45) is 5.92 Å². The van der Waals surface area contributed by atoms with Crippen LogP contribution >= 0.6 is 0 Å². The first-order valence-corrected chi connectivity index (χ1v) is 8.94. The Balaban J connectivity index is 2.05. The number of benzene rings is 1. The zero-order valence-corrected chi connectivity index (χ0v) is 15.5. The van der Waals surface area contributed by atoms with Crippen LogP contribution in [0.1, 0.15) is 44.0 Å². The van der Waals surface area contributed by atoms with E-state index in [1.807, 2.05) is 6.92 Å². The molecule has 2 N–H and O–H groups in total. The maximum atomic E-state index is 12.6. The molecule has 1 aliphatic heterocycles. The number of hydrogen-bond acceptors (Lipinski definition) is 5. The highest BCUT2D eigenvalue weighted by molar-refractivity contribution is 5.95. The van der Waals surface area contributed by atoms with Crippen LogP contribution in [0.25, 0.3) is 0 Å². The Labute approximate surface area is 153 Å². The molecule has 1 fully saturated rings. The quantitative estimate of drug-likeness (QED) is 0.735. The van der Waals surface area contributed by atoms with Gasteiger partial charge in [-0.15, -0.1) is 0 Å². The number of hydrogen-bond donors (Lipinski definition) is 2. The topological polar surface area (TPSA) is 94.1 Å². The van der Waals surface area contributed by atoms with Crippen molar-refractivity contribution in [2.45, 2.75) is 45.8 Å². The van der Waals surface area contributed by atoms with Crippen molar-refractivity contribution >= 4 is 11.9 Å². The number of carboxylic acid groups (broad SMARTS) is 1. The van der Waals surface area contributed by atoms with Gasteiger partial charge in [-0.1, -0.05) is 13.8 Å². The summed E-state index contributed by atoms with van der Waals surface area (Å²) in [5.74, 6) is -0.200. The van der Waals surface area contributed by atoms with Crippen LogP contribution in [-0.4, -0.2) is 48.9 Å². The van der Waals surface area contributed by atoms with Crippen molar-refractivity contribution in [3.8, 4) is 11.5 Å². The van der Waals surface area contributed by atoms with Crippen molar-refractivity contribution in [2.75, 3.05) is 19.8 Å². The van der Waals surface area contributed by atoms with Crippen molar-refractivity contribution in [3.05, 3.63) is 23.8 Å². The lowest BCUT2D eigenvalue weighted by Crippen LogP contribution is -2.43. The van der Waals surface area contributed by atoms with E-state index in [1.54, 1.807) is 18.2 Å². The normalized spacial score (nSPS) is 19.8. The third kappa shape index (κ3) is 5.62. The molecule has 26 heavy (non-hydrogen) atoms. The summed E-state index contributed by atoms with van der Waals surface area (Å²) in [5.41, 5.74) is 0.448. The van der Waals surface area contributed by atoms with E-state index in [4.69, 9.17) is 19.3 Å². The van der Waals surface area contributed by atoms with Crippen molar-refractivity contribution in [1.29, 1.82) is 0 Å². The fourth-order valence-corrected chi connectivity index (χ4v) is 2.87. The molecular weight excluding hydrogens is 338 g/mol. The summed E-state index contributed by atoms with van der Waals surface area (Å²) >= 11 is 0. The van der Waals surface area contributed by atoms with Gasteiger partial charge in [0.2, 0.25) is 0 Å². The van der Waals surface area contributed by atoms with Crippen LogP contribution in [-0.2, 0) is 9.53 Å². The molecule has 0 spiro atoms. The van der Waals surface area contributed by atoms with Crippen LogP contribution in [0.5, 0.6) is 11.5 Å². The fourth-order valence-electron chi connectivity index (χ4n) is 2.87. The maximum Gasteiger partial charge on any atom is 0.341 e. The lowest BCUT2D eigenvalue weighted by atomic mass is 9.95. The molecular formula is C19H27NO6. The predicted molar refractivity (Wildman–Crippen MR) is 95.8 cm³/mol. The van der Waals surface area contributed by atoms with Gasteiger partial charge in [0.1, 0.15) is 0 Å². The zero-order chi connectivity index (χ0) is 19.1. The summed E-state index contributed by atoms with van der Waals surface area (Å²) in [7, 11) is 0. The third-order valence-corrected chi connectivity index (χ3v) is 4.25. The first-order chi connectivity index (χ1) is 12.4. The van der Waals surface area contributed by atoms with Crippen molar-refractivity contribution in [3.63, 3.8) is 0 Å². The first-order valence-electron chi connectivity index (χ1n) is 8.94. The molecule has 1 heterocycles. The number of nitrogens with one attached hydrogen (secondary N) is 1. The number of carboxylic acids is 1. The van der Waals surface area contributed by atoms with E-state index in [2.05, 4.69) is 19.2 Å². The minimum Gasteiger partial charge on any atom is -0.490 e. The third-order valence-electron chi connectivity index (χ3n) is 4.25. The van der Waals surface area contributed by atoms with Gasteiger partial charge in [0.25, 0.3) is 5.91 Å². The van der Waals surface area contributed by atoms with Gasteiger partial charge in [-0.3, -0.25) is 4.79 Å². The van der Waals surface area contributed by atoms with Gasteiger partial charge >= 0.3 is 5.97 Å². The van der Waals surface area contributed by atoms with Crippen molar-refractivity contribution < 1.29 is 28.9 Å². The monoisotopic (exact) mass is 365 g/mol. The molecule has 0 bridgehead atoms. The molecule has 2 atom stereocenters. The molecule has 1 aliphatic rings. The molecule has 0 aromatic heterocycles. The van der Waals surface area contributed by atoms with Crippen LogP contribution < -0.4 is 14.8 Å². The summed E-state index contributed by atoms with van der Waals surface area (Å²) in [6.45, 7) is 6.58. The van der Waals surface area contributed by atoms with Gasteiger partial charge in [0, 0.05) is 18.2 Å². The van der Waals surface area contributed by atoms with E-state index in [0.29, 0.717) is 36.2 Å². The molecule has 1 aromatic rings. The SMILES string of the molecule is CCOc1cc(C(=O)NC2CCOC(C(C)C)C2)ccc1OCC(=O)O. The van der Waals surface area contributed by atoms with E-state index < -0.39 is 12.6 Å². The van der Waals surface area contributed by atoms with Crippen LogP contribution in [0.2, 0.25) is 0 Å². The number of rotatable bonds is 8. The maximum absolute atomic E-state index is 12.6. The van der Waals surface area contributed by atoms with E-state index in [9.17, 15) is 9.59 Å². The van der Waals surface area contributed by atoms with Crippen LogP contribution in [0.4, 0.5) is 0 Å². The Morgan fingerprint density at radius 3 is 2.73 bits per heavy atom. The molecule has 0 aliphatic carbocycles. The summed E-state index contributed by atoms with van der Waals surface area (Å²) in [6, 6.07) is 4.81. The Bertz CT molecular complexity index is 630. The largest absolute Gasteiger partial charge is 0.490 e. The number of aliphatic carboxylic acids is 1. The van der Waals surface area contributed by atoms with Crippen LogP contribution in [0.15, 0.2) is 18.2 Å². The van der Waals surface area contributed by atoms with Crippen molar-refractivity contribution in [1.82, 2.24) is 5.32 Å². The molecule has 7 nitrogen and oxygen atoms in total. The second-order valence-corrected chi connectivity index (χ2v) is 6.62. The molecule has 7 heteroatoms. The highest BCUT2D eigenvalue weighted by Gasteiger charge is 2.26. The number of amides is 1. The van der Waals surface area contributed by atoms with Gasteiger partial charge in [-0.2, -0.15) is 0 Å². The van der Waals surface area contributed by atoms with Crippen LogP contribution in [0.3, 0.4) is 0 Å².